The maximum Gasteiger partial charge on any atom is 0.214 e. The zero-order valence-electron chi connectivity index (χ0n) is 15.9. The van der Waals surface area contributed by atoms with Crippen molar-refractivity contribution in [3.8, 4) is 11.8 Å². The standard InChI is InChI=1S/C23H21ClN4O/c24-18-10-12-19(13-11-18)28-23(26)20(14-25)21(27-28)22(29)17-8-6-16(7-9-17)15-4-2-1-3-5-15/h6-13,15H,1-5,26H2. The highest BCUT2D eigenvalue weighted by atomic mass is 35.5. The first-order valence-electron chi connectivity index (χ1n) is 9.77. The fraction of sp³-hybridized carbons (Fsp3) is 0.261. The Morgan fingerprint density at radius 3 is 2.34 bits per heavy atom. The van der Waals surface area contributed by atoms with Crippen molar-refractivity contribution in [1.29, 1.82) is 5.26 Å². The summed E-state index contributed by atoms with van der Waals surface area (Å²) in [5.74, 6) is 0.399. The second kappa shape index (κ2) is 8.10. The van der Waals surface area contributed by atoms with Gasteiger partial charge in [-0.2, -0.15) is 10.4 Å². The van der Waals surface area contributed by atoms with Crippen LogP contribution in [0.5, 0.6) is 0 Å². The number of nitrogen functional groups attached to an aromatic ring is 1. The van der Waals surface area contributed by atoms with Gasteiger partial charge in [0, 0.05) is 10.6 Å². The molecule has 1 aromatic heterocycles. The van der Waals surface area contributed by atoms with E-state index in [0.717, 1.165) is 0 Å². The molecule has 1 fully saturated rings. The fourth-order valence-electron chi connectivity index (χ4n) is 3.96. The van der Waals surface area contributed by atoms with Gasteiger partial charge in [-0.25, -0.2) is 4.68 Å². The van der Waals surface area contributed by atoms with Crippen LogP contribution < -0.4 is 5.73 Å². The van der Waals surface area contributed by atoms with Crippen molar-refractivity contribution in [2.24, 2.45) is 0 Å². The van der Waals surface area contributed by atoms with Crippen LogP contribution in [-0.4, -0.2) is 15.6 Å². The van der Waals surface area contributed by atoms with Crippen LogP contribution in [0.2, 0.25) is 5.02 Å². The van der Waals surface area contributed by atoms with Gasteiger partial charge in [0.05, 0.1) is 5.69 Å². The Morgan fingerprint density at radius 1 is 1.07 bits per heavy atom. The van der Waals surface area contributed by atoms with Crippen LogP contribution in [0.25, 0.3) is 5.69 Å². The molecule has 2 N–H and O–H groups in total. The number of nitrogens with two attached hydrogens (primary N) is 1. The highest BCUT2D eigenvalue weighted by Crippen LogP contribution is 2.33. The summed E-state index contributed by atoms with van der Waals surface area (Å²) in [6.07, 6.45) is 6.24. The highest BCUT2D eigenvalue weighted by Gasteiger charge is 2.24. The molecule has 1 heterocycles. The number of carbonyl (C=O) groups is 1. The van der Waals surface area contributed by atoms with E-state index in [-0.39, 0.29) is 22.9 Å². The maximum atomic E-state index is 13.1. The molecule has 3 aromatic rings. The van der Waals surface area contributed by atoms with Gasteiger partial charge in [0.15, 0.2) is 5.69 Å². The first kappa shape index (κ1) is 19.2. The quantitative estimate of drug-likeness (QED) is 0.601. The molecule has 5 nitrogen and oxygen atoms in total. The molecule has 0 aliphatic heterocycles. The number of nitrogens with zero attached hydrogens (tertiary/aromatic N) is 3. The average Bonchev–Trinajstić information content (AvgIpc) is 3.10. The summed E-state index contributed by atoms with van der Waals surface area (Å²) in [6.45, 7) is 0. The molecule has 2 aromatic carbocycles. The van der Waals surface area contributed by atoms with Crippen molar-refractivity contribution in [3.05, 3.63) is 75.9 Å². The van der Waals surface area contributed by atoms with E-state index in [1.54, 1.807) is 24.3 Å². The van der Waals surface area contributed by atoms with Crippen LogP contribution in [-0.2, 0) is 0 Å². The molecule has 1 aliphatic rings. The number of carbonyl (C=O) groups excluding carboxylic acids is 1. The number of aromatic nitrogens is 2. The first-order chi connectivity index (χ1) is 14.1. The third-order valence-electron chi connectivity index (χ3n) is 5.57. The summed E-state index contributed by atoms with van der Waals surface area (Å²) in [5.41, 5.74) is 8.67. The molecule has 1 aliphatic carbocycles. The number of halogens is 1. The van der Waals surface area contributed by atoms with E-state index >= 15 is 0 Å². The summed E-state index contributed by atoms with van der Waals surface area (Å²) >= 11 is 5.93. The van der Waals surface area contributed by atoms with Crippen LogP contribution in [0, 0.1) is 11.3 Å². The summed E-state index contributed by atoms with van der Waals surface area (Å²) in [7, 11) is 0. The van der Waals surface area contributed by atoms with Crippen LogP contribution in [0.3, 0.4) is 0 Å². The summed E-state index contributed by atoms with van der Waals surface area (Å²) in [5, 5.41) is 14.5. The van der Waals surface area contributed by atoms with Gasteiger partial charge in [-0.1, -0.05) is 55.1 Å². The lowest BCUT2D eigenvalue weighted by atomic mass is 9.84. The summed E-state index contributed by atoms with van der Waals surface area (Å²) in [6, 6.07) is 16.6. The molecule has 0 amide bonds. The summed E-state index contributed by atoms with van der Waals surface area (Å²) < 4.78 is 1.40. The minimum Gasteiger partial charge on any atom is -0.382 e. The Labute approximate surface area is 174 Å². The van der Waals surface area contributed by atoms with Gasteiger partial charge in [-0.3, -0.25) is 4.79 Å². The van der Waals surface area contributed by atoms with Gasteiger partial charge in [0.1, 0.15) is 17.5 Å². The smallest absolute Gasteiger partial charge is 0.214 e. The number of anilines is 1. The number of ketones is 1. The normalized spacial score (nSPS) is 14.5. The molecule has 0 atom stereocenters. The number of nitriles is 1. The molecular formula is C23H21ClN4O. The van der Waals surface area contributed by atoms with Crippen LogP contribution >= 0.6 is 11.6 Å². The second-order valence-electron chi connectivity index (χ2n) is 7.39. The van der Waals surface area contributed by atoms with Crippen molar-refractivity contribution < 1.29 is 4.79 Å². The minimum absolute atomic E-state index is 0.0605. The Kier molecular flexibility index (Phi) is 5.37. The van der Waals surface area contributed by atoms with Crippen LogP contribution in [0.4, 0.5) is 5.82 Å². The minimum atomic E-state index is -0.309. The van der Waals surface area contributed by atoms with Crippen molar-refractivity contribution in [2.75, 3.05) is 5.73 Å². The lowest BCUT2D eigenvalue weighted by molar-refractivity contribution is 0.103. The van der Waals surface area contributed by atoms with Crippen LogP contribution in [0.15, 0.2) is 48.5 Å². The molecule has 4 rings (SSSR count). The first-order valence-corrected chi connectivity index (χ1v) is 10.2. The Balaban J connectivity index is 1.65. The second-order valence-corrected chi connectivity index (χ2v) is 7.83. The number of hydrogen-bond acceptors (Lipinski definition) is 4. The Hall–Kier alpha value is -3.10. The van der Waals surface area contributed by atoms with E-state index < -0.39 is 0 Å². The van der Waals surface area contributed by atoms with Gasteiger partial charge in [-0.15, -0.1) is 0 Å². The Bertz CT molecular complexity index is 1070. The van der Waals surface area contributed by atoms with Crippen LogP contribution in [0.1, 0.15) is 65.2 Å². The molecule has 1 saturated carbocycles. The van der Waals surface area contributed by atoms with Gasteiger partial charge in [-0.05, 0) is 48.6 Å². The molecule has 0 unspecified atom stereocenters. The van der Waals surface area contributed by atoms with Crippen molar-refractivity contribution in [1.82, 2.24) is 9.78 Å². The van der Waals surface area contributed by atoms with E-state index in [1.807, 2.05) is 30.3 Å². The number of rotatable bonds is 4. The third-order valence-corrected chi connectivity index (χ3v) is 5.82. The van der Waals surface area contributed by atoms with Gasteiger partial charge in [0.25, 0.3) is 0 Å². The number of hydrogen-bond donors (Lipinski definition) is 1. The van der Waals surface area contributed by atoms with E-state index in [1.165, 1.54) is 42.3 Å². The van der Waals surface area contributed by atoms with Crippen molar-refractivity contribution in [3.63, 3.8) is 0 Å². The van der Waals surface area contributed by atoms with E-state index in [0.29, 0.717) is 22.2 Å². The van der Waals surface area contributed by atoms with Crippen molar-refractivity contribution in [2.45, 2.75) is 38.0 Å². The molecule has 146 valence electrons. The molecule has 0 saturated heterocycles. The van der Waals surface area contributed by atoms with Gasteiger partial charge >= 0.3 is 0 Å². The predicted molar refractivity (Wildman–Crippen MR) is 113 cm³/mol. The SMILES string of the molecule is N#Cc1c(C(=O)c2ccc(C3CCCCC3)cc2)nn(-c2ccc(Cl)cc2)c1N. The zero-order chi connectivity index (χ0) is 20.4. The molecule has 29 heavy (non-hydrogen) atoms. The van der Waals surface area contributed by atoms with E-state index in [2.05, 4.69) is 5.10 Å². The zero-order valence-corrected chi connectivity index (χ0v) is 16.7. The third kappa shape index (κ3) is 3.76. The Morgan fingerprint density at radius 2 is 1.72 bits per heavy atom. The largest absolute Gasteiger partial charge is 0.382 e. The lowest BCUT2D eigenvalue weighted by Crippen LogP contribution is -2.07. The molecule has 0 bridgehead atoms. The molecular weight excluding hydrogens is 384 g/mol. The highest BCUT2D eigenvalue weighted by molar-refractivity contribution is 6.30. The topological polar surface area (TPSA) is 84.7 Å². The van der Waals surface area contributed by atoms with Crippen molar-refractivity contribution >= 4 is 23.2 Å². The predicted octanol–water partition coefficient (Wildman–Crippen LogP) is 5.26. The van der Waals surface area contributed by atoms with Gasteiger partial charge in [0.2, 0.25) is 5.78 Å². The lowest BCUT2D eigenvalue weighted by Gasteiger charge is -2.21. The number of benzene rings is 2. The van der Waals surface area contributed by atoms with Gasteiger partial charge < -0.3 is 5.73 Å². The maximum absolute atomic E-state index is 13.1. The van der Waals surface area contributed by atoms with E-state index in [9.17, 15) is 10.1 Å². The fourth-order valence-corrected chi connectivity index (χ4v) is 4.08. The summed E-state index contributed by atoms with van der Waals surface area (Å²) in [4.78, 5) is 13.1. The van der Waals surface area contributed by atoms with E-state index in [4.69, 9.17) is 17.3 Å². The average molecular weight is 405 g/mol. The molecule has 6 heteroatoms. The molecule has 0 spiro atoms. The monoisotopic (exact) mass is 404 g/mol. The molecule has 0 radical (unpaired) electrons.